The number of benzene rings is 2. The lowest BCUT2D eigenvalue weighted by atomic mass is 10.1. The number of ether oxygens (including phenoxy) is 1. The molecule has 2 heterocycles. The van der Waals surface area contributed by atoms with Crippen molar-refractivity contribution in [1.29, 1.82) is 0 Å². The summed E-state index contributed by atoms with van der Waals surface area (Å²) in [6, 6.07) is 18.7. The fourth-order valence-electron chi connectivity index (χ4n) is 3.53. The molecule has 1 N–H and O–H groups in total. The van der Waals surface area contributed by atoms with Crippen molar-refractivity contribution in [2.24, 2.45) is 0 Å². The molecule has 0 unspecified atom stereocenters. The number of nitrogens with one attached hydrogen (secondary N) is 1. The van der Waals surface area contributed by atoms with Crippen LogP contribution in [0.15, 0.2) is 65.5 Å². The van der Waals surface area contributed by atoms with Gasteiger partial charge in [0.2, 0.25) is 0 Å². The molecule has 0 spiro atoms. The molecule has 3 aromatic rings. The van der Waals surface area contributed by atoms with Gasteiger partial charge < -0.3 is 14.6 Å². The van der Waals surface area contributed by atoms with Crippen molar-refractivity contribution in [3.8, 4) is 0 Å². The number of carbonyl (C=O) groups is 1. The van der Waals surface area contributed by atoms with Gasteiger partial charge in [-0.25, -0.2) is 0 Å². The summed E-state index contributed by atoms with van der Waals surface area (Å²) in [4.78, 5) is 30.2. The van der Waals surface area contributed by atoms with Crippen LogP contribution < -0.4 is 5.56 Å². The molecule has 1 aliphatic rings. The van der Waals surface area contributed by atoms with Gasteiger partial charge in [0.15, 0.2) is 0 Å². The summed E-state index contributed by atoms with van der Waals surface area (Å²) in [5.41, 5.74) is 1.84. The first-order valence-corrected chi connectivity index (χ1v) is 9.27. The van der Waals surface area contributed by atoms with E-state index in [1.54, 1.807) is 17.0 Å². The average molecular weight is 362 g/mol. The lowest BCUT2D eigenvalue weighted by Gasteiger charge is -2.25. The van der Waals surface area contributed by atoms with Gasteiger partial charge in [-0.05, 0) is 42.5 Å². The third-order valence-electron chi connectivity index (χ3n) is 4.95. The lowest BCUT2D eigenvalue weighted by molar-refractivity contribution is 0.0506. The molecule has 1 fully saturated rings. The maximum atomic E-state index is 13.1. The Morgan fingerprint density at radius 2 is 1.89 bits per heavy atom. The molecule has 1 amide bonds. The number of H-pyrrole nitrogens is 1. The summed E-state index contributed by atoms with van der Waals surface area (Å²) >= 11 is 0. The molecule has 0 saturated carbocycles. The van der Waals surface area contributed by atoms with E-state index in [0.717, 1.165) is 30.4 Å². The van der Waals surface area contributed by atoms with E-state index in [1.165, 1.54) is 0 Å². The van der Waals surface area contributed by atoms with E-state index in [1.807, 2.05) is 48.5 Å². The van der Waals surface area contributed by atoms with E-state index in [2.05, 4.69) is 4.98 Å². The molecule has 4 rings (SSSR count). The van der Waals surface area contributed by atoms with Crippen molar-refractivity contribution >= 4 is 16.8 Å². The first-order valence-electron chi connectivity index (χ1n) is 9.27. The number of carbonyl (C=O) groups excluding carboxylic acids is 1. The highest BCUT2D eigenvalue weighted by Crippen LogP contribution is 2.18. The van der Waals surface area contributed by atoms with Gasteiger partial charge in [0, 0.05) is 29.8 Å². The summed E-state index contributed by atoms with van der Waals surface area (Å²) in [5, 5.41) is 0.955. The number of rotatable bonds is 5. The van der Waals surface area contributed by atoms with E-state index in [0.29, 0.717) is 17.7 Å². The minimum atomic E-state index is -0.160. The Morgan fingerprint density at radius 3 is 2.67 bits per heavy atom. The minimum Gasteiger partial charge on any atom is -0.376 e. The topological polar surface area (TPSA) is 62.4 Å². The van der Waals surface area contributed by atoms with Crippen molar-refractivity contribution in [3.05, 3.63) is 82.1 Å². The Labute approximate surface area is 157 Å². The van der Waals surface area contributed by atoms with E-state index in [9.17, 15) is 9.59 Å². The van der Waals surface area contributed by atoms with Crippen LogP contribution in [0, 0.1) is 0 Å². The van der Waals surface area contributed by atoms with Gasteiger partial charge in [-0.3, -0.25) is 9.59 Å². The maximum absolute atomic E-state index is 13.1. The van der Waals surface area contributed by atoms with Crippen LogP contribution in [0.25, 0.3) is 10.9 Å². The van der Waals surface area contributed by atoms with Crippen LogP contribution in [0.4, 0.5) is 0 Å². The van der Waals surface area contributed by atoms with Crippen LogP contribution >= 0.6 is 0 Å². The Bertz CT molecular complexity index is 991. The first kappa shape index (κ1) is 17.5. The predicted molar refractivity (Wildman–Crippen MR) is 105 cm³/mol. The van der Waals surface area contributed by atoms with Crippen LogP contribution in [0.1, 0.15) is 28.8 Å². The van der Waals surface area contributed by atoms with Crippen LogP contribution in [-0.4, -0.2) is 35.0 Å². The van der Waals surface area contributed by atoms with Crippen molar-refractivity contribution in [2.75, 3.05) is 13.2 Å². The number of nitrogens with zero attached hydrogens (tertiary/aromatic N) is 1. The summed E-state index contributed by atoms with van der Waals surface area (Å²) < 4.78 is 5.73. The zero-order chi connectivity index (χ0) is 18.6. The average Bonchev–Trinajstić information content (AvgIpc) is 3.21. The largest absolute Gasteiger partial charge is 0.376 e. The van der Waals surface area contributed by atoms with Gasteiger partial charge in [-0.15, -0.1) is 0 Å². The summed E-state index contributed by atoms with van der Waals surface area (Å²) in [5.74, 6) is -0.0846. The highest BCUT2D eigenvalue weighted by atomic mass is 16.5. The maximum Gasteiger partial charge on any atom is 0.254 e. The standard InChI is InChI=1S/C22H22N2O3/c25-21-18(13-17-9-4-5-11-20(17)23-21)14-24(15-19-10-6-12-27-19)22(26)16-7-2-1-3-8-16/h1-5,7-9,11,13,19H,6,10,12,14-15H2,(H,23,25)/t19-/m0/s1. The number of aromatic amines is 1. The van der Waals surface area contributed by atoms with Crippen LogP contribution in [0.5, 0.6) is 0 Å². The first-order chi connectivity index (χ1) is 13.2. The third-order valence-corrected chi connectivity index (χ3v) is 4.95. The number of hydrogen-bond acceptors (Lipinski definition) is 3. The van der Waals surface area contributed by atoms with E-state index in [4.69, 9.17) is 4.74 Å². The van der Waals surface area contributed by atoms with Gasteiger partial charge in [0.05, 0.1) is 12.6 Å². The van der Waals surface area contributed by atoms with E-state index >= 15 is 0 Å². The monoisotopic (exact) mass is 362 g/mol. The van der Waals surface area contributed by atoms with Gasteiger partial charge in [0.1, 0.15) is 0 Å². The van der Waals surface area contributed by atoms with Gasteiger partial charge in [0.25, 0.3) is 11.5 Å². The second-order valence-electron chi connectivity index (χ2n) is 6.90. The zero-order valence-electron chi connectivity index (χ0n) is 15.1. The van der Waals surface area contributed by atoms with Crippen molar-refractivity contribution in [1.82, 2.24) is 9.88 Å². The fourth-order valence-corrected chi connectivity index (χ4v) is 3.53. The molecule has 5 heteroatoms. The molecule has 2 aromatic carbocycles. The summed E-state index contributed by atoms with van der Waals surface area (Å²) in [6.45, 7) is 1.47. The molecule has 27 heavy (non-hydrogen) atoms. The molecule has 1 saturated heterocycles. The Morgan fingerprint density at radius 1 is 1.11 bits per heavy atom. The Hall–Kier alpha value is -2.92. The molecule has 1 aromatic heterocycles. The van der Waals surface area contributed by atoms with Crippen molar-refractivity contribution in [2.45, 2.75) is 25.5 Å². The summed E-state index contributed by atoms with van der Waals surface area (Å²) in [7, 11) is 0. The van der Waals surface area contributed by atoms with Crippen molar-refractivity contribution in [3.63, 3.8) is 0 Å². The molecule has 0 radical (unpaired) electrons. The number of para-hydroxylation sites is 1. The normalized spacial score (nSPS) is 16.5. The summed E-state index contributed by atoms with van der Waals surface area (Å²) in [6.07, 6.45) is 1.97. The van der Waals surface area contributed by atoms with Crippen LogP contribution in [0.2, 0.25) is 0 Å². The number of pyridine rings is 1. The minimum absolute atomic E-state index is 0.0252. The van der Waals surface area contributed by atoms with Crippen LogP contribution in [-0.2, 0) is 11.3 Å². The SMILES string of the molecule is O=C(c1ccccc1)N(Cc1cc2ccccc2[nH]c1=O)C[C@@H]1CCCO1. The molecule has 138 valence electrons. The molecular weight excluding hydrogens is 340 g/mol. The second kappa shape index (κ2) is 7.76. The fraction of sp³-hybridized carbons (Fsp3) is 0.273. The Kier molecular flexibility index (Phi) is 5.03. The smallest absolute Gasteiger partial charge is 0.254 e. The molecule has 1 atom stereocenters. The van der Waals surface area contributed by atoms with E-state index < -0.39 is 0 Å². The number of hydrogen-bond donors (Lipinski definition) is 1. The molecule has 0 bridgehead atoms. The predicted octanol–water partition coefficient (Wildman–Crippen LogP) is 3.35. The highest BCUT2D eigenvalue weighted by molar-refractivity contribution is 5.94. The molecule has 5 nitrogen and oxygen atoms in total. The molecule has 1 aliphatic heterocycles. The zero-order valence-corrected chi connectivity index (χ0v) is 15.1. The van der Waals surface area contributed by atoms with Crippen molar-refractivity contribution < 1.29 is 9.53 Å². The lowest BCUT2D eigenvalue weighted by Crippen LogP contribution is -2.38. The van der Waals surface area contributed by atoms with Gasteiger partial charge in [-0.2, -0.15) is 0 Å². The number of aromatic nitrogens is 1. The van der Waals surface area contributed by atoms with E-state index in [-0.39, 0.29) is 24.1 Å². The molecule has 0 aliphatic carbocycles. The Balaban J connectivity index is 1.65. The number of fused-ring (bicyclic) bond motifs is 1. The third kappa shape index (κ3) is 3.93. The molecular formula is C22H22N2O3. The number of amides is 1. The van der Waals surface area contributed by atoms with Gasteiger partial charge >= 0.3 is 0 Å². The van der Waals surface area contributed by atoms with Gasteiger partial charge in [-0.1, -0.05) is 36.4 Å². The second-order valence-corrected chi connectivity index (χ2v) is 6.90. The highest BCUT2D eigenvalue weighted by Gasteiger charge is 2.24. The van der Waals surface area contributed by atoms with Crippen LogP contribution in [0.3, 0.4) is 0 Å². The quantitative estimate of drug-likeness (QED) is 0.757.